The van der Waals surface area contributed by atoms with Crippen LogP contribution in [0.5, 0.6) is 0 Å². The molecule has 0 aliphatic carbocycles. The lowest BCUT2D eigenvalue weighted by atomic mass is 9.86. The lowest BCUT2D eigenvalue weighted by molar-refractivity contribution is -0.212. The summed E-state index contributed by atoms with van der Waals surface area (Å²) in [7, 11) is 0. The fourth-order valence-electron chi connectivity index (χ4n) is 6.35. The maximum Gasteiger partial charge on any atom is 0.113 e. The number of rotatable bonds is 13. The van der Waals surface area contributed by atoms with E-state index in [4.69, 9.17) is 18.9 Å². The number of likely N-dealkylation sites (tertiary alicyclic amines) is 1. The third kappa shape index (κ3) is 7.93. The number of halogens is 1. The van der Waals surface area contributed by atoms with Crippen molar-refractivity contribution in [1.82, 2.24) is 4.90 Å². The van der Waals surface area contributed by atoms with Crippen molar-refractivity contribution in [3.05, 3.63) is 144 Å². The van der Waals surface area contributed by atoms with Gasteiger partial charge in [-0.15, -0.1) is 0 Å². The van der Waals surface area contributed by atoms with E-state index in [2.05, 4.69) is 131 Å². The van der Waals surface area contributed by atoms with Gasteiger partial charge in [0.05, 0.1) is 38.6 Å². The van der Waals surface area contributed by atoms with E-state index in [1.54, 1.807) is 0 Å². The zero-order chi connectivity index (χ0) is 29.3. The minimum atomic E-state index is -0.252. The van der Waals surface area contributed by atoms with Crippen LogP contribution in [0.25, 0.3) is 0 Å². The average molecular weight is 690 g/mol. The molecule has 0 N–H and O–H groups in total. The van der Waals surface area contributed by atoms with Crippen LogP contribution in [0.3, 0.4) is 0 Å². The molecule has 0 spiro atoms. The maximum absolute atomic E-state index is 6.90. The first-order valence-corrected chi connectivity index (χ1v) is 16.7. The monoisotopic (exact) mass is 689 g/mol. The number of hydrogen-bond donors (Lipinski definition) is 0. The van der Waals surface area contributed by atoms with Gasteiger partial charge in [0, 0.05) is 17.0 Å². The van der Waals surface area contributed by atoms with Gasteiger partial charge in [-0.2, -0.15) is 0 Å². The molecule has 6 rings (SSSR count). The molecule has 2 aliphatic rings. The van der Waals surface area contributed by atoms with E-state index in [0.717, 1.165) is 28.5 Å². The van der Waals surface area contributed by atoms with Crippen LogP contribution in [0, 0.1) is 0 Å². The third-order valence-corrected chi connectivity index (χ3v) is 9.45. The largest absolute Gasteiger partial charge is 0.375 e. The Morgan fingerprint density at radius 1 is 0.628 bits per heavy atom. The summed E-state index contributed by atoms with van der Waals surface area (Å²) >= 11 is 2.45. The molecule has 6 atom stereocenters. The van der Waals surface area contributed by atoms with Crippen LogP contribution in [0.2, 0.25) is 0 Å². The molecule has 224 valence electrons. The van der Waals surface area contributed by atoms with Crippen LogP contribution >= 0.6 is 22.6 Å². The van der Waals surface area contributed by atoms with Crippen molar-refractivity contribution in [3.8, 4) is 0 Å². The molecule has 43 heavy (non-hydrogen) atoms. The Balaban J connectivity index is 1.33. The standard InChI is InChI=1S/C37H40INO4/c38-22-32-21-33-36(43-32)37(42-26-31-19-11-4-12-20-31)35(41-25-30-17-9-3-10-18-30)34(27-40-24-29-15-7-2-8-16-29)39(33)23-28-13-5-1-6-14-28/h1-20,32-37H,21-27H2/t32-,33-,34-,35-,36+,37+/m1/s1. The van der Waals surface area contributed by atoms with Gasteiger partial charge in [0.1, 0.15) is 18.3 Å². The molecule has 0 saturated carbocycles. The molecule has 0 unspecified atom stereocenters. The summed E-state index contributed by atoms with van der Waals surface area (Å²) in [6, 6.07) is 42.1. The number of benzene rings is 4. The van der Waals surface area contributed by atoms with Crippen LogP contribution in [0.15, 0.2) is 121 Å². The van der Waals surface area contributed by atoms with E-state index in [-0.39, 0.29) is 36.5 Å². The van der Waals surface area contributed by atoms with Crippen molar-refractivity contribution in [1.29, 1.82) is 0 Å². The molecule has 0 radical (unpaired) electrons. The van der Waals surface area contributed by atoms with Gasteiger partial charge in [-0.05, 0) is 28.7 Å². The van der Waals surface area contributed by atoms with E-state index >= 15 is 0 Å². The first-order chi connectivity index (χ1) is 21.3. The predicted molar refractivity (Wildman–Crippen MR) is 178 cm³/mol. The fraction of sp³-hybridized carbons (Fsp3) is 0.351. The molecule has 0 amide bonds. The quantitative estimate of drug-likeness (QED) is 0.110. The van der Waals surface area contributed by atoms with Crippen molar-refractivity contribution in [2.45, 2.75) is 69.3 Å². The van der Waals surface area contributed by atoms with E-state index < -0.39 is 0 Å². The number of ether oxygens (including phenoxy) is 4. The van der Waals surface area contributed by atoms with Crippen molar-refractivity contribution in [2.75, 3.05) is 11.0 Å². The van der Waals surface area contributed by atoms with Gasteiger partial charge in [0.2, 0.25) is 0 Å². The van der Waals surface area contributed by atoms with Gasteiger partial charge in [0.25, 0.3) is 0 Å². The smallest absolute Gasteiger partial charge is 0.113 e. The van der Waals surface area contributed by atoms with E-state index in [0.29, 0.717) is 26.4 Å². The Morgan fingerprint density at radius 2 is 1.12 bits per heavy atom. The molecule has 0 aromatic heterocycles. The number of alkyl halides is 1. The maximum atomic E-state index is 6.90. The fourth-order valence-corrected chi connectivity index (χ4v) is 6.92. The van der Waals surface area contributed by atoms with Crippen molar-refractivity contribution >= 4 is 22.6 Å². The molecule has 2 fully saturated rings. The van der Waals surface area contributed by atoms with Crippen LogP contribution < -0.4 is 0 Å². The predicted octanol–water partition coefficient (Wildman–Crippen LogP) is 7.22. The Labute approximate surface area is 269 Å². The van der Waals surface area contributed by atoms with Crippen molar-refractivity contribution in [3.63, 3.8) is 0 Å². The van der Waals surface area contributed by atoms with Crippen LogP contribution in [0.1, 0.15) is 28.7 Å². The molecule has 0 bridgehead atoms. The lowest BCUT2D eigenvalue weighted by Crippen LogP contribution is -2.67. The number of nitrogens with zero attached hydrogens (tertiary/aromatic N) is 1. The zero-order valence-electron chi connectivity index (χ0n) is 24.4. The lowest BCUT2D eigenvalue weighted by Gasteiger charge is -2.50. The molecule has 5 nitrogen and oxygen atoms in total. The van der Waals surface area contributed by atoms with Gasteiger partial charge in [0.15, 0.2) is 0 Å². The summed E-state index contributed by atoms with van der Waals surface area (Å²) in [5.74, 6) is 0. The Hall–Kier alpha value is -2.59. The van der Waals surface area contributed by atoms with Crippen LogP contribution in [-0.4, -0.2) is 52.4 Å². The summed E-state index contributed by atoms with van der Waals surface area (Å²) in [6.07, 6.45) is 0.553. The number of hydrogen-bond acceptors (Lipinski definition) is 5. The molecule has 6 heteroatoms. The molecular formula is C37H40INO4. The summed E-state index contributed by atoms with van der Waals surface area (Å²) < 4.78 is 28.0. The molecular weight excluding hydrogens is 649 g/mol. The second kappa shape index (κ2) is 15.4. The number of fused-ring (bicyclic) bond motifs is 1. The highest BCUT2D eigenvalue weighted by molar-refractivity contribution is 14.1. The van der Waals surface area contributed by atoms with Crippen molar-refractivity contribution < 1.29 is 18.9 Å². The molecule has 4 aromatic rings. The van der Waals surface area contributed by atoms with Gasteiger partial charge in [-0.1, -0.05) is 144 Å². The van der Waals surface area contributed by atoms with Gasteiger partial charge in [-0.3, -0.25) is 4.90 Å². The minimum Gasteiger partial charge on any atom is -0.375 e. The van der Waals surface area contributed by atoms with Crippen molar-refractivity contribution in [2.24, 2.45) is 0 Å². The molecule has 2 saturated heterocycles. The second-order valence-corrected chi connectivity index (χ2v) is 12.3. The topological polar surface area (TPSA) is 40.2 Å². The van der Waals surface area contributed by atoms with E-state index in [9.17, 15) is 0 Å². The summed E-state index contributed by atoms with van der Waals surface area (Å²) in [6.45, 7) is 2.89. The average Bonchev–Trinajstić information content (AvgIpc) is 3.51. The zero-order valence-corrected chi connectivity index (χ0v) is 26.6. The summed E-state index contributed by atoms with van der Waals surface area (Å²) in [5.41, 5.74) is 4.73. The highest BCUT2D eigenvalue weighted by Crippen LogP contribution is 2.40. The molecule has 4 aromatic carbocycles. The molecule has 2 aliphatic heterocycles. The normalized spacial score (nSPS) is 25.4. The highest BCUT2D eigenvalue weighted by atomic mass is 127. The van der Waals surface area contributed by atoms with Gasteiger partial charge in [-0.25, -0.2) is 0 Å². The third-order valence-electron chi connectivity index (χ3n) is 8.46. The SMILES string of the molecule is IC[C@H]1C[C@@H]2[C@H](O1)[C@@H](OCc1ccccc1)[C@H](OCc1ccccc1)[C@@H](COCc1ccccc1)N2Cc1ccccc1. The van der Waals surface area contributed by atoms with E-state index in [1.165, 1.54) is 11.1 Å². The summed E-state index contributed by atoms with van der Waals surface area (Å²) in [5, 5.41) is 0. The second-order valence-electron chi connectivity index (χ2n) is 11.4. The van der Waals surface area contributed by atoms with Gasteiger partial charge >= 0.3 is 0 Å². The first kappa shape index (κ1) is 30.4. The Bertz CT molecular complexity index is 1360. The number of piperidine rings is 1. The highest BCUT2D eigenvalue weighted by Gasteiger charge is 2.55. The van der Waals surface area contributed by atoms with Crippen LogP contribution in [0.4, 0.5) is 0 Å². The van der Waals surface area contributed by atoms with E-state index in [1.807, 2.05) is 18.2 Å². The molecule has 2 heterocycles. The van der Waals surface area contributed by atoms with Crippen LogP contribution in [-0.2, 0) is 45.3 Å². The minimum absolute atomic E-state index is 0.0220. The first-order valence-electron chi connectivity index (χ1n) is 15.2. The summed E-state index contributed by atoms with van der Waals surface area (Å²) in [4.78, 5) is 2.59. The Morgan fingerprint density at radius 3 is 1.65 bits per heavy atom. The van der Waals surface area contributed by atoms with Gasteiger partial charge < -0.3 is 18.9 Å². The Kier molecular flexibility index (Phi) is 10.9.